The largest absolute Gasteiger partial charge is 0.496 e. The molecule has 0 aliphatic rings. The number of methoxy groups -OCH3 is 1. The lowest BCUT2D eigenvalue weighted by Crippen LogP contribution is -2.31. The van der Waals surface area contributed by atoms with E-state index in [9.17, 15) is 9.59 Å². The van der Waals surface area contributed by atoms with Gasteiger partial charge in [0.25, 0.3) is 5.91 Å². The molecule has 0 aliphatic heterocycles. The Bertz CT molecular complexity index is 741. The van der Waals surface area contributed by atoms with Crippen LogP contribution in [0.2, 0.25) is 0 Å². The molecule has 5 heteroatoms. The molecule has 0 aliphatic carbocycles. The highest BCUT2D eigenvalue weighted by Gasteiger charge is 2.26. The average molecular weight is 341 g/mol. The molecule has 5 nitrogen and oxygen atoms in total. The second kappa shape index (κ2) is 8.33. The molecule has 132 valence electrons. The van der Waals surface area contributed by atoms with Crippen molar-refractivity contribution in [2.45, 2.75) is 19.4 Å². The minimum absolute atomic E-state index is 0.0701. The SMILES string of the molecule is COc1cc(CC(=O)OC(C(=O)N(C)C)c2ccccc2)ccc1C. The first-order valence-corrected chi connectivity index (χ1v) is 8.01. The zero-order chi connectivity index (χ0) is 18.4. The Morgan fingerprint density at radius 1 is 1.08 bits per heavy atom. The van der Waals surface area contributed by atoms with E-state index in [2.05, 4.69) is 0 Å². The van der Waals surface area contributed by atoms with Crippen LogP contribution in [-0.4, -0.2) is 38.0 Å². The van der Waals surface area contributed by atoms with Crippen molar-refractivity contribution in [3.63, 3.8) is 0 Å². The van der Waals surface area contributed by atoms with Gasteiger partial charge in [0.2, 0.25) is 6.10 Å². The van der Waals surface area contributed by atoms with E-state index in [1.165, 1.54) is 4.90 Å². The van der Waals surface area contributed by atoms with Crippen LogP contribution in [-0.2, 0) is 20.7 Å². The molecule has 0 saturated heterocycles. The third-order valence-corrected chi connectivity index (χ3v) is 3.84. The zero-order valence-electron chi connectivity index (χ0n) is 15.0. The molecule has 0 N–H and O–H groups in total. The van der Waals surface area contributed by atoms with Gasteiger partial charge in [0.1, 0.15) is 5.75 Å². The van der Waals surface area contributed by atoms with Crippen LogP contribution in [0.5, 0.6) is 5.75 Å². The number of likely N-dealkylation sites (N-methyl/N-ethyl adjacent to an activating group) is 1. The Hall–Kier alpha value is -2.82. The quantitative estimate of drug-likeness (QED) is 0.758. The maximum atomic E-state index is 12.4. The molecule has 1 amide bonds. The number of rotatable bonds is 6. The second-order valence-electron chi connectivity index (χ2n) is 5.99. The number of carbonyl (C=O) groups is 2. The average Bonchev–Trinajstić information content (AvgIpc) is 2.61. The predicted octanol–water partition coefficient (Wildman–Crippen LogP) is 2.92. The Kier molecular flexibility index (Phi) is 6.17. The fourth-order valence-corrected chi connectivity index (χ4v) is 2.44. The van der Waals surface area contributed by atoms with Crippen molar-refractivity contribution >= 4 is 11.9 Å². The summed E-state index contributed by atoms with van der Waals surface area (Å²) in [7, 11) is 4.86. The normalized spacial score (nSPS) is 11.5. The maximum Gasteiger partial charge on any atom is 0.311 e. The van der Waals surface area contributed by atoms with Crippen molar-refractivity contribution in [1.82, 2.24) is 4.90 Å². The molecule has 25 heavy (non-hydrogen) atoms. The summed E-state index contributed by atoms with van der Waals surface area (Å²) in [4.78, 5) is 26.2. The molecule has 2 aromatic rings. The van der Waals surface area contributed by atoms with E-state index in [0.29, 0.717) is 11.3 Å². The van der Waals surface area contributed by atoms with E-state index in [4.69, 9.17) is 9.47 Å². The Labute approximate surface area is 148 Å². The summed E-state index contributed by atoms with van der Waals surface area (Å²) in [5.41, 5.74) is 2.41. The van der Waals surface area contributed by atoms with Gasteiger partial charge in [-0.1, -0.05) is 42.5 Å². The summed E-state index contributed by atoms with van der Waals surface area (Å²) < 4.78 is 10.8. The molecule has 0 heterocycles. The fraction of sp³-hybridized carbons (Fsp3) is 0.300. The van der Waals surface area contributed by atoms with Gasteiger partial charge in [-0.2, -0.15) is 0 Å². The molecule has 0 fully saturated rings. The Balaban J connectivity index is 2.16. The van der Waals surface area contributed by atoms with Gasteiger partial charge in [0, 0.05) is 19.7 Å². The van der Waals surface area contributed by atoms with E-state index in [-0.39, 0.29) is 12.3 Å². The lowest BCUT2D eigenvalue weighted by molar-refractivity contribution is -0.159. The van der Waals surface area contributed by atoms with Crippen LogP contribution < -0.4 is 4.74 Å². The number of carbonyl (C=O) groups excluding carboxylic acids is 2. The molecular weight excluding hydrogens is 318 g/mol. The molecule has 0 radical (unpaired) electrons. The smallest absolute Gasteiger partial charge is 0.311 e. The third-order valence-electron chi connectivity index (χ3n) is 3.84. The van der Waals surface area contributed by atoms with Crippen molar-refractivity contribution in [2.24, 2.45) is 0 Å². The van der Waals surface area contributed by atoms with E-state index in [0.717, 1.165) is 11.1 Å². The number of aryl methyl sites for hydroxylation is 1. The van der Waals surface area contributed by atoms with E-state index < -0.39 is 12.1 Å². The number of esters is 1. The second-order valence-corrected chi connectivity index (χ2v) is 5.99. The van der Waals surface area contributed by atoms with Gasteiger partial charge in [-0.05, 0) is 24.1 Å². The summed E-state index contributed by atoms with van der Waals surface area (Å²) in [6, 6.07) is 14.6. The summed E-state index contributed by atoms with van der Waals surface area (Å²) in [5.74, 6) is -0.0229. The molecule has 0 spiro atoms. The first-order chi connectivity index (χ1) is 11.9. The molecule has 0 bridgehead atoms. The molecule has 1 atom stereocenters. The monoisotopic (exact) mass is 341 g/mol. The molecule has 0 saturated carbocycles. The van der Waals surface area contributed by atoms with Gasteiger partial charge in [-0.3, -0.25) is 9.59 Å². The zero-order valence-corrected chi connectivity index (χ0v) is 15.0. The van der Waals surface area contributed by atoms with Crippen LogP contribution in [0.3, 0.4) is 0 Å². The predicted molar refractivity (Wildman–Crippen MR) is 95.4 cm³/mol. The van der Waals surface area contributed by atoms with Gasteiger partial charge < -0.3 is 14.4 Å². The third kappa shape index (κ3) is 4.83. The van der Waals surface area contributed by atoms with E-state index in [1.807, 2.05) is 43.3 Å². The van der Waals surface area contributed by atoms with Crippen molar-refractivity contribution in [1.29, 1.82) is 0 Å². The van der Waals surface area contributed by atoms with Crippen LogP contribution >= 0.6 is 0 Å². The molecule has 2 aromatic carbocycles. The topological polar surface area (TPSA) is 55.8 Å². The minimum atomic E-state index is -0.948. The van der Waals surface area contributed by atoms with Crippen LogP contribution in [0.1, 0.15) is 22.8 Å². The van der Waals surface area contributed by atoms with E-state index >= 15 is 0 Å². The van der Waals surface area contributed by atoms with Crippen molar-refractivity contribution in [3.8, 4) is 5.75 Å². The van der Waals surface area contributed by atoms with Gasteiger partial charge in [0.05, 0.1) is 13.5 Å². The molecule has 2 rings (SSSR count). The highest BCUT2D eigenvalue weighted by atomic mass is 16.5. The number of benzene rings is 2. The van der Waals surface area contributed by atoms with E-state index in [1.54, 1.807) is 33.3 Å². The number of amides is 1. The summed E-state index contributed by atoms with van der Waals surface area (Å²) in [6.45, 7) is 1.93. The van der Waals surface area contributed by atoms with Crippen molar-refractivity contribution in [2.75, 3.05) is 21.2 Å². The number of hydrogen-bond donors (Lipinski definition) is 0. The first kappa shape index (κ1) is 18.5. The minimum Gasteiger partial charge on any atom is -0.496 e. The lowest BCUT2D eigenvalue weighted by Gasteiger charge is -2.21. The van der Waals surface area contributed by atoms with Gasteiger partial charge >= 0.3 is 5.97 Å². The lowest BCUT2D eigenvalue weighted by atomic mass is 10.1. The van der Waals surface area contributed by atoms with Crippen LogP contribution in [0.15, 0.2) is 48.5 Å². The fourth-order valence-electron chi connectivity index (χ4n) is 2.44. The van der Waals surface area contributed by atoms with Crippen molar-refractivity contribution in [3.05, 3.63) is 65.2 Å². The van der Waals surface area contributed by atoms with Crippen LogP contribution in [0.4, 0.5) is 0 Å². The highest BCUT2D eigenvalue weighted by Crippen LogP contribution is 2.22. The first-order valence-electron chi connectivity index (χ1n) is 8.01. The number of ether oxygens (including phenoxy) is 2. The highest BCUT2D eigenvalue weighted by molar-refractivity contribution is 5.85. The maximum absolute atomic E-state index is 12.4. The standard InChI is InChI=1S/C20H23NO4/c1-14-10-11-15(12-17(14)24-4)13-18(22)25-19(20(23)21(2)3)16-8-6-5-7-9-16/h5-12,19H,13H2,1-4H3. The molecular formula is C20H23NO4. The molecule has 0 aromatic heterocycles. The van der Waals surface area contributed by atoms with Crippen LogP contribution in [0.25, 0.3) is 0 Å². The summed E-state index contributed by atoms with van der Waals surface area (Å²) >= 11 is 0. The van der Waals surface area contributed by atoms with Gasteiger partial charge in [0.15, 0.2) is 0 Å². The Morgan fingerprint density at radius 2 is 1.76 bits per heavy atom. The summed E-state index contributed by atoms with van der Waals surface area (Å²) in [5, 5.41) is 0. The van der Waals surface area contributed by atoms with Crippen LogP contribution in [0, 0.1) is 6.92 Å². The summed E-state index contributed by atoms with van der Waals surface area (Å²) in [6.07, 6.45) is -0.878. The number of hydrogen-bond acceptors (Lipinski definition) is 4. The van der Waals surface area contributed by atoms with Gasteiger partial charge in [-0.15, -0.1) is 0 Å². The Morgan fingerprint density at radius 3 is 2.36 bits per heavy atom. The number of nitrogens with zero attached hydrogens (tertiary/aromatic N) is 1. The van der Waals surface area contributed by atoms with Gasteiger partial charge in [-0.25, -0.2) is 0 Å². The molecule has 1 unspecified atom stereocenters. The van der Waals surface area contributed by atoms with Crippen molar-refractivity contribution < 1.29 is 19.1 Å².